The first-order chi connectivity index (χ1) is 12.1. The van der Waals surface area contributed by atoms with Gasteiger partial charge >= 0.3 is 11.9 Å². The van der Waals surface area contributed by atoms with Crippen molar-refractivity contribution in [2.24, 2.45) is 0 Å². The van der Waals surface area contributed by atoms with Gasteiger partial charge in [0.1, 0.15) is 13.2 Å². The predicted octanol–water partition coefficient (Wildman–Crippen LogP) is -0.534. The topological polar surface area (TPSA) is 121 Å². The summed E-state index contributed by atoms with van der Waals surface area (Å²) in [5.74, 6) is -0.978. The van der Waals surface area contributed by atoms with Crippen molar-refractivity contribution in [1.29, 1.82) is 0 Å². The third-order valence-corrected chi connectivity index (χ3v) is 2.12. The fourth-order valence-electron chi connectivity index (χ4n) is 1.07. The Morgan fingerprint density at radius 3 is 1.28 bits per heavy atom. The molecule has 0 fully saturated rings. The fourth-order valence-corrected chi connectivity index (χ4v) is 1.07. The number of aliphatic hydroxyl groups excluding tert-OH is 2. The first kappa shape index (κ1) is 25.5. The third kappa shape index (κ3) is 24.6. The summed E-state index contributed by atoms with van der Waals surface area (Å²) in [5.41, 5.74) is 0. The molecule has 0 aliphatic rings. The zero-order chi connectivity index (χ0) is 19.2. The van der Waals surface area contributed by atoms with Crippen LogP contribution in [0.15, 0.2) is 25.3 Å². The minimum absolute atomic E-state index is 0.0417. The van der Waals surface area contributed by atoms with Gasteiger partial charge in [-0.05, 0) is 0 Å². The third-order valence-electron chi connectivity index (χ3n) is 2.12. The van der Waals surface area contributed by atoms with E-state index in [2.05, 4.69) is 22.6 Å². The van der Waals surface area contributed by atoms with Gasteiger partial charge in [-0.3, -0.25) is 0 Å². The second kappa shape index (κ2) is 22.2. The number of rotatable bonds is 15. The van der Waals surface area contributed by atoms with Crippen molar-refractivity contribution in [3.05, 3.63) is 25.3 Å². The number of carbonyl (C=O) groups is 2. The van der Waals surface area contributed by atoms with Gasteiger partial charge in [-0.25, -0.2) is 9.59 Å². The molecule has 9 heteroatoms. The SMILES string of the molecule is C=CC(=O)OCCOCCOC(=O)C=C.OCCOCCOCCO. The largest absolute Gasteiger partial charge is 0.460 e. The second-order valence-corrected chi connectivity index (χ2v) is 4.03. The van der Waals surface area contributed by atoms with E-state index in [1.165, 1.54) is 0 Å². The standard InChI is InChI=1S/C10H14O5.C6H14O4/c1-3-9(11)14-7-5-13-6-8-15-10(12)4-2;7-1-3-9-5-6-10-4-2-8/h3-4H,1-2,5-8H2;7-8H,1-6H2. The Kier molecular flexibility index (Phi) is 22.6. The van der Waals surface area contributed by atoms with Gasteiger partial charge in [-0.15, -0.1) is 0 Å². The lowest BCUT2D eigenvalue weighted by Gasteiger charge is -2.04. The Balaban J connectivity index is 0. The van der Waals surface area contributed by atoms with E-state index in [4.69, 9.17) is 24.4 Å². The van der Waals surface area contributed by atoms with E-state index in [1.54, 1.807) is 0 Å². The number of hydrogen-bond acceptors (Lipinski definition) is 9. The minimum Gasteiger partial charge on any atom is -0.460 e. The maximum atomic E-state index is 10.6. The molecule has 0 rings (SSSR count). The zero-order valence-corrected chi connectivity index (χ0v) is 14.4. The highest BCUT2D eigenvalue weighted by atomic mass is 16.6. The zero-order valence-electron chi connectivity index (χ0n) is 14.4. The van der Waals surface area contributed by atoms with Gasteiger partial charge in [0, 0.05) is 12.2 Å². The van der Waals surface area contributed by atoms with E-state index in [1.807, 2.05) is 0 Å². The highest BCUT2D eigenvalue weighted by Gasteiger charge is 1.96. The molecule has 9 nitrogen and oxygen atoms in total. The monoisotopic (exact) mass is 364 g/mol. The molecule has 0 saturated heterocycles. The molecule has 0 aliphatic carbocycles. The molecule has 0 amide bonds. The predicted molar refractivity (Wildman–Crippen MR) is 88.9 cm³/mol. The average Bonchev–Trinajstić information content (AvgIpc) is 2.63. The van der Waals surface area contributed by atoms with Gasteiger partial charge in [0.2, 0.25) is 0 Å². The lowest BCUT2D eigenvalue weighted by atomic mass is 10.6. The molecule has 0 spiro atoms. The van der Waals surface area contributed by atoms with Gasteiger partial charge in [-0.1, -0.05) is 13.2 Å². The van der Waals surface area contributed by atoms with Crippen molar-refractivity contribution < 1.29 is 43.5 Å². The smallest absolute Gasteiger partial charge is 0.330 e. The van der Waals surface area contributed by atoms with Crippen molar-refractivity contribution in [3.63, 3.8) is 0 Å². The van der Waals surface area contributed by atoms with Gasteiger partial charge in [0.05, 0.1) is 52.9 Å². The molecule has 0 aromatic rings. The quantitative estimate of drug-likeness (QED) is 0.224. The Bertz CT molecular complexity index is 312. The number of hydrogen-bond donors (Lipinski definition) is 2. The highest BCUT2D eigenvalue weighted by molar-refractivity contribution is 5.81. The van der Waals surface area contributed by atoms with Crippen molar-refractivity contribution in [2.45, 2.75) is 0 Å². The Morgan fingerprint density at radius 2 is 0.960 bits per heavy atom. The molecule has 0 saturated carbocycles. The fraction of sp³-hybridized carbons (Fsp3) is 0.625. The molecule has 25 heavy (non-hydrogen) atoms. The van der Waals surface area contributed by atoms with E-state index in [0.717, 1.165) is 12.2 Å². The van der Waals surface area contributed by atoms with E-state index < -0.39 is 11.9 Å². The summed E-state index contributed by atoms with van der Waals surface area (Å²) in [6.45, 7) is 9.02. The van der Waals surface area contributed by atoms with Crippen molar-refractivity contribution in [2.75, 3.05) is 66.1 Å². The summed E-state index contributed by atoms with van der Waals surface area (Å²) in [6, 6.07) is 0. The van der Waals surface area contributed by atoms with Crippen LogP contribution in [0.5, 0.6) is 0 Å². The van der Waals surface area contributed by atoms with Crippen LogP contribution >= 0.6 is 0 Å². The van der Waals surface area contributed by atoms with Crippen molar-refractivity contribution >= 4 is 11.9 Å². The molecule has 0 unspecified atom stereocenters. The average molecular weight is 364 g/mol. The van der Waals surface area contributed by atoms with Crippen molar-refractivity contribution in [3.8, 4) is 0 Å². The van der Waals surface area contributed by atoms with E-state index >= 15 is 0 Å². The van der Waals surface area contributed by atoms with Crippen LogP contribution in [0.25, 0.3) is 0 Å². The molecular weight excluding hydrogens is 336 g/mol. The number of ether oxygens (including phenoxy) is 5. The van der Waals surface area contributed by atoms with Gasteiger partial charge < -0.3 is 33.9 Å². The molecule has 0 aliphatic heterocycles. The van der Waals surface area contributed by atoms with Crippen molar-refractivity contribution in [1.82, 2.24) is 0 Å². The normalized spacial score (nSPS) is 9.52. The molecular formula is C16H28O9. The molecule has 2 N–H and O–H groups in total. The van der Waals surface area contributed by atoms with E-state index in [9.17, 15) is 9.59 Å². The van der Waals surface area contributed by atoms with Crippen LogP contribution in [0.1, 0.15) is 0 Å². The Hall–Kier alpha value is -1.78. The molecule has 0 aromatic heterocycles. The highest BCUT2D eigenvalue weighted by Crippen LogP contribution is 1.84. The van der Waals surface area contributed by atoms with Crippen LogP contribution in [0.3, 0.4) is 0 Å². The summed E-state index contributed by atoms with van der Waals surface area (Å²) in [4.78, 5) is 21.1. The van der Waals surface area contributed by atoms with E-state index in [-0.39, 0.29) is 39.6 Å². The van der Waals surface area contributed by atoms with Crippen LogP contribution in [0, 0.1) is 0 Å². The lowest BCUT2D eigenvalue weighted by Crippen LogP contribution is -2.12. The first-order valence-electron chi connectivity index (χ1n) is 7.65. The maximum absolute atomic E-state index is 10.6. The number of aliphatic hydroxyl groups is 2. The van der Waals surface area contributed by atoms with E-state index in [0.29, 0.717) is 26.4 Å². The van der Waals surface area contributed by atoms with Crippen LogP contribution in [-0.2, 0) is 33.3 Å². The van der Waals surface area contributed by atoms with Crippen LogP contribution in [0.4, 0.5) is 0 Å². The maximum Gasteiger partial charge on any atom is 0.330 e. The molecule has 0 aromatic carbocycles. The van der Waals surface area contributed by atoms with Gasteiger partial charge in [0.15, 0.2) is 0 Å². The molecule has 0 bridgehead atoms. The lowest BCUT2D eigenvalue weighted by molar-refractivity contribution is -0.140. The molecule has 146 valence electrons. The van der Waals surface area contributed by atoms with Gasteiger partial charge in [0.25, 0.3) is 0 Å². The summed E-state index contributed by atoms with van der Waals surface area (Å²) >= 11 is 0. The molecule has 0 radical (unpaired) electrons. The van der Waals surface area contributed by atoms with Crippen LogP contribution < -0.4 is 0 Å². The Morgan fingerprint density at radius 1 is 0.640 bits per heavy atom. The molecule has 0 atom stereocenters. The number of carbonyl (C=O) groups excluding carboxylic acids is 2. The first-order valence-corrected chi connectivity index (χ1v) is 7.65. The summed E-state index contributed by atoms with van der Waals surface area (Å²) in [5, 5.41) is 16.5. The second-order valence-electron chi connectivity index (χ2n) is 4.03. The van der Waals surface area contributed by atoms with Crippen LogP contribution in [0.2, 0.25) is 0 Å². The summed E-state index contributed by atoms with van der Waals surface area (Å²) in [7, 11) is 0. The summed E-state index contributed by atoms with van der Waals surface area (Å²) < 4.78 is 24.0. The molecule has 0 heterocycles. The minimum atomic E-state index is -0.489. The number of esters is 2. The Labute approximate surface area is 147 Å². The van der Waals surface area contributed by atoms with Gasteiger partial charge in [-0.2, -0.15) is 0 Å². The summed E-state index contributed by atoms with van der Waals surface area (Å²) in [6.07, 6.45) is 2.15. The van der Waals surface area contributed by atoms with Crippen LogP contribution in [-0.4, -0.2) is 88.2 Å².